The molecule has 22 heavy (non-hydrogen) atoms. The van der Waals surface area contributed by atoms with Crippen molar-refractivity contribution in [1.82, 2.24) is 0 Å². The Labute approximate surface area is 137 Å². The quantitative estimate of drug-likeness (QED) is 0.886. The number of amides is 1. The van der Waals surface area contributed by atoms with E-state index in [-0.39, 0.29) is 12.5 Å². The second kappa shape index (κ2) is 5.83. The van der Waals surface area contributed by atoms with E-state index >= 15 is 0 Å². The number of aliphatic hydroxyl groups excluding tert-OH is 1. The van der Waals surface area contributed by atoms with Gasteiger partial charge in [0.05, 0.1) is 12.3 Å². The highest BCUT2D eigenvalue weighted by Crippen LogP contribution is 2.36. The summed E-state index contributed by atoms with van der Waals surface area (Å²) in [6, 6.07) is 6.54. The molecule has 1 aromatic carbocycles. The summed E-state index contributed by atoms with van der Waals surface area (Å²) in [6.07, 6.45) is 0. The minimum atomic E-state index is -0.801. The summed E-state index contributed by atoms with van der Waals surface area (Å²) >= 11 is 7.48. The van der Waals surface area contributed by atoms with Crippen molar-refractivity contribution in [2.75, 3.05) is 11.9 Å². The number of benzene rings is 1. The van der Waals surface area contributed by atoms with Gasteiger partial charge >= 0.3 is 0 Å². The van der Waals surface area contributed by atoms with Crippen LogP contribution in [-0.2, 0) is 4.79 Å². The lowest BCUT2D eigenvalue weighted by Gasteiger charge is -2.09. The van der Waals surface area contributed by atoms with Crippen LogP contribution in [0.2, 0.25) is 5.02 Å². The SMILES string of the molecule is Cc1sc2c(c1C)C(c1ccc(Cl)cc1)=N[C@@H](CO)C(=O)N2. The van der Waals surface area contributed by atoms with Crippen LogP contribution in [0, 0.1) is 13.8 Å². The fraction of sp³-hybridized carbons (Fsp3) is 0.250. The standard InChI is InChI=1S/C16H15ClN2O2S/c1-8-9(2)22-16-13(8)14(10-3-5-11(17)6-4-10)18-12(7-20)15(21)19-16/h3-6,12,20H,7H2,1-2H3,(H,19,21)/t12-/m0/s1. The summed E-state index contributed by atoms with van der Waals surface area (Å²) in [7, 11) is 0. The molecule has 114 valence electrons. The number of hydrogen-bond acceptors (Lipinski definition) is 4. The predicted octanol–water partition coefficient (Wildman–Crippen LogP) is 3.17. The average Bonchev–Trinajstić information content (AvgIpc) is 2.68. The Morgan fingerprint density at radius 1 is 1.32 bits per heavy atom. The van der Waals surface area contributed by atoms with Crippen molar-refractivity contribution >= 4 is 39.6 Å². The third kappa shape index (κ3) is 2.56. The first-order valence-corrected chi connectivity index (χ1v) is 8.06. The van der Waals surface area contributed by atoms with E-state index in [1.165, 1.54) is 11.3 Å². The molecule has 0 radical (unpaired) electrons. The molecule has 0 fully saturated rings. The van der Waals surface area contributed by atoms with Crippen LogP contribution in [0.25, 0.3) is 0 Å². The number of carbonyl (C=O) groups excluding carboxylic acids is 1. The molecule has 1 atom stereocenters. The summed E-state index contributed by atoms with van der Waals surface area (Å²) in [6.45, 7) is 3.71. The van der Waals surface area contributed by atoms with Gasteiger partial charge in [-0.15, -0.1) is 11.3 Å². The summed E-state index contributed by atoms with van der Waals surface area (Å²) < 4.78 is 0. The minimum absolute atomic E-state index is 0.283. The fourth-order valence-electron chi connectivity index (χ4n) is 2.42. The van der Waals surface area contributed by atoms with Gasteiger partial charge in [0.25, 0.3) is 5.91 Å². The predicted molar refractivity (Wildman–Crippen MR) is 90.4 cm³/mol. The van der Waals surface area contributed by atoms with Crippen molar-refractivity contribution in [3.8, 4) is 0 Å². The van der Waals surface area contributed by atoms with Crippen LogP contribution in [0.1, 0.15) is 21.6 Å². The van der Waals surface area contributed by atoms with Crippen LogP contribution in [0.15, 0.2) is 29.3 Å². The number of anilines is 1. The number of rotatable bonds is 2. The van der Waals surface area contributed by atoms with Crippen LogP contribution < -0.4 is 5.32 Å². The lowest BCUT2D eigenvalue weighted by molar-refractivity contribution is -0.118. The van der Waals surface area contributed by atoms with E-state index in [4.69, 9.17) is 11.6 Å². The Bertz CT molecular complexity index is 765. The minimum Gasteiger partial charge on any atom is -0.394 e. The first-order chi connectivity index (χ1) is 10.5. The number of nitrogens with zero attached hydrogens (tertiary/aromatic N) is 1. The van der Waals surface area contributed by atoms with Crippen LogP contribution >= 0.6 is 22.9 Å². The third-order valence-electron chi connectivity index (χ3n) is 3.74. The van der Waals surface area contributed by atoms with Gasteiger partial charge in [-0.05, 0) is 31.5 Å². The molecule has 0 aliphatic carbocycles. The van der Waals surface area contributed by atoms with Gasteiger partial charge in [0.2, 0.25) is 0 Å². The van der Waals surface area contributed by atoms with Gasteiger partial charge in [-0.3, -0.25) is 9.79 Å². The van der Waals surface area contributed by atoms with E-state index in [1.54, 1.807) is 12.1 Å². The highest BCUT2D eigenvalue weighted by Gasteiger charge is 2.28. The van der Waals surface area contributed by atoms with Crippen LogP contribution in [0.5, 0.6) is 0 Å². The van der Waals surface area contributed by atoms with E-state index < -0.39 is 6.04 Å². The smallest absolute Gasteiger partial charge is 0.252 e. The molecule has 0 bridgehead atoms. The molecule has 0 spiro atoms. The largest absolute Gasteiger partial charge is 0.394 e. The van der Waals surface area contributed by atoms with Crippen molar-refractivity contribution < 1.29 is 9.90 Å². The van der Waals surface area contributed by atoms with Crippen LogP contribution in [-0.4, -0.2) is 29.4 Å². The number of aryl methyl sites for hydroxylation is 1. The van der Waals surface area contributed by atoms with E-state index in [0.29, 0.717) is 10.7 Å². The number of fused-ring (bicyclic) bond motifs is 1. The number of hydrogen-bond donors (Lipinski definition) is 2. The maximum absolute atomic E-state index is 12.2. The first kappa shape index (κ1) is 15.2. The summed E-state index contributed by atoms with van der Waals surface area (Å²) in [4.78, 5) is 17.8. The van der Waals surface area contributed by atoms with Crippen molar-refractivity contribution in [3.63, 3.8) is 0 Å². The molecule has 0 saturated carbocycles. The number of nitrogens with one attached hydrogen (secondary N) is 1. The number of aliphatic hydroxyl groups is 1. The zero-order chi connectivity index (χ0) is 15.9. The topological polar surface area (TPSA) is 61.7 Å². The molecular formula is C16H15ClN2O2S. The molecule has 2 N–H and O–H groups in total. The zero-order valence-electron chi connectivity index (χ0n) is 12.2. The molecular weight excluding hydrogens is 320 g/mol. The summed E-state index contributed by atoms with van der Waals surface area (Å²) in [5.74, 6) is -0.283. The van der Waals surface area contributed by atoms with Gasteiger partial charge < -0.3 is 10.4 Å². The van der Waals surface area contributed by atoms with Crippen molar-refractivity contribution in [1.29, 1.82) is 0 Å². The van der Waals surface area contributed by atoms with Gasteiger partial charge in [0, 0.05) is 21.0 Å². The Morgan fingerprint density at radius 2 is 2.00 bits per heavy atom. The molecule has 3 rings (SSSR count). The second-order valence-electron chi connectivity index (χ2n) is 5.16. The second-order valence-corrected chi connectivity index (χ2v) is 6.82. The van der Waals surface area contributed by atoms with Crippen LogP contribution in [0.3, 0.4) is 0 Å². The van der Waals surface area contributed by atoms with Crippen molar-refractivity contribution in [2.24, 2.45) is 4.99 Å². The molecule has 6 heteroatoms. The van der Waals surface area contributed by atoms with Gasteiger partial charge in [-0.2, -0.15) is 0 Å². The molecule has 4 nitrogen and oxygen atoms in total. The van der Waals surface area contributed by atoms with Crippen molar-refractivity contribution in [2.45, 2.75) is 19.9 Å². The van der Waals surface area contributed by atoms with Crippen LogP contribution in [0.4, 0.5) is 5.00 Å². The maximum atomic E-state index is 12.2. The first-order valence-electron chi connectivity index (χ1n) is 6.87. The van der Waals surface area contributed by atoms with Gasteiger partial charge in [0.1, 0.15) is 5.00 Å². The highest BCUT2D eigenvalue weighted by molar-refractivity contribution is 7.17. The maximum Gasteiger partial charge on any atom is 0.252 e. The molecule has 0 saturated heterocycles. The number of carbonyl (C=O) groups is 1. The fourth-order valence-corrected chi connectivity index (χ4v) is 3.62. The number of thiophene rings is 1. The highest BCUT2D eigenvalue weighted by atomic mass is 35.5. The van der Waals surface area contributed by atoms with E-state index in [0.717, 1.165) is 26.6 Å². The monoisotopic (exact) mass is 334 g/mol. The molecule has 2 aromatic rings. The number of halogens is 1. The molecule has 1 aliphatic rings. The number of aliphatic imine (C=N–C) groups is 1. The molecule has 0 unspecified atom stereocenters. The van der Waals surface area contributed by atoms with Gasteiger partial charge in [-0.25, -0.2) is 0 Å². The van der Waals surface area contributed by atoms with E-state index in [2.05, 4.69) is 10.3 Å². The molecule has 1 aromatic heterocycles. The van der Waals surface area contributed by atoms with E-state index in [1.807, 2.05) is 26.0 Å². The van der Waals surface area contributed by atoms with Crippen molar-refractivity contribution in [3.05, 3.63) is 50.9 Å². The zero-order valence-corrected chi connectivity index (χ0v) is 13.8. The average molecular weight is 335 g/mol. The van der Waals surface area contributed by atoms with Gasteiger partial charge in [0.15, 0.2) is 6.04 Å². The molecule has 2 heterocycles. The van der Waals surface area contributed by atoms with Gasteiger partial charge in [-0.1, -0.05) is 23.7 Å². The Hall–Kier alpha value is -1.69. The lowest BCUT2D eigenvalue weighted by Crippen LogP contribution is -2.28. The summed E-state index contributed by atoms with van der Waals surface area (Å²) in [5, 5.41) is 13.8. The third-order valence-corrected chi connectivity index (χ3v) is 5.11. The normalized spacial score (nSPS) is 17.5. The summed E-state index contributed by atoms with van der Waals surface area (Å²) in [5.41, 5.74) is 3.61. The molecule has 1 amide bonds. The Balaban J connectivity index is 2.23. The Kier molecular flexibility index (Phi) is 4.04. The molecule has 1 aliphatic heterocycles. The Morgan fingerprint density at radius 3 is 2.64 bits per heavy atom. The van der Waals surface area contributed by atoms with E-state index in [9.17, 15) is 9.90 Å². The lowest BCUT2D eigenvalue weighted by atomic mass is 10.00.